The van der Waals surface area contributed by atoms with Crippen molar-refractivity contribution in [2.24, 2.45) is 5.73 Å². The first-order chi connectivity index (χ1) is 7.70. The average molecular weight is 234 g/mol. The van der Waals surface area contributed by atoms with E-state index in [2.05, 4.69) is 11.8 Å². The monoisotopic (exact) mass is 233 g/mol. The van der Waals surface area contributed by atoms with Gasteiger partial charge in [0.15, 0.2) is 11.3 Å². The molecule has 0 aliphatic carbocycles. The molecule has 82 valence electrons. The lowest BCUT2D eigenvalue weighted by molar-refractivity contribution is 0.601. The number of benzene rings is 1. The van der Waals surface area contributed by atoms with Crippen LogP contribution >= 0.6 is 11.6 Å². The van der Waals surface area contributed by atoms with Gasteiger partial charge in [0, 0.05) is 11.5 Å². The fourth-order valence-corrected chi connectivity index (χ4v) is 1.58. The highest BCUT2D eigenvalue weighted by molar-refractivity contribution is 6.34. The van der Waals surface area contributed by atoms with Gasteiger partial charge in [0.2, 0.25) is 0 Å². The summed E-state index contributed by atoms with van der Waals surface area (Å²) in [5.74, 6) is 6.44. The number of hydrogen-bond acceptors (Lipinski definition) is 2. The van der Waals surface area contributed by atoms with Gasteiger partial charge in [0.25, 0.3) is 0 Å². The highest BCUT2D eigenvalue weighted by Gasteiger charge is 2.04. The Morgan fingerprint density at radius 3 is 3.00 bits per heavy atom. The van der Waals surface area contributed by atoms with Crippen LogP contribution in [0.3, 0.4) is 0 Å². The molecular weight excluding hydrogens is 222 g/mol. The third kappa shape index (κ3) is 2.21. The zero-order valence-corrected chi connectivity index (χ0v) is 9.71. The zero-order valence-electron chi connectivity index (χ0n) is 8.96. The first-order valence-electron chi connectivity index (χ1n) is 5.16. The van der Waals surface area contributed by atoms with Crippen LogP contribution in [-0.4, -0.2) is 6.04 Å². The van der Waals surface area contributed by atoms with Crippen LogP contribution in [0.2, 0.25) is 5.02 Å². The number of nitrogens with two attached hydrogens (primary N) is 1. The van der Waals surface area contributed by atoms with Gasteiger partial charge in [-0.05, 0) is 18.4 Å². The lowest BCUT2D eigenvalue weighted by Gasteiger charge is -1.93. The quantitative estimate of drug-likeness (QED) is 0.769. The minimum Gasteiger partial charge on any atom is -0.446 e. The maximum Gasteiger partial charge on any atom is 0.178 e. The van der Waals surface area contributed by atoms with Crippen LogP contribution in [-0.2, 0) is 0 Å². The molecular formula is C13H12ClNO. The first kappa shape index (κ1) is 11.1. The molecule has 1 aromatic heterocycles. The van der Waals surface area contributed by atoms with Crippen LogP contribution in [0, 0.1) is 11.8 Å². The Kier molecular flexibility index (Phi) is 3.19. The van der Waals surface area contributed by atoms with Crippen LogP contribution in [0.1, 0.15) is 19.1 Å². The molecule has 0 radical (unpaired) electrons. The van der Waals surface area contributed by atoms with E-state index in [0.29, 0.717) is 16.4 Å². The first-order valence-corrected chi connectivity index (χ1v) is 5.53. The number of rotatable bonds is 1. The maximum absolute atomic E-state index is 5.99. The van der Waals surface area contributed by atoms with Gasteiger partial charge in [0.1, 0.15) is 0 Å². The van der Waals surface area contributed by atoms with Crippen LogP contribution in [0.15, 0.2) is 28.7 Å². The Balaban J connectivity index is 2.39. The minimum atomic E-state index is -0.108. The lowest BCUT2D eigenvalue weighted by atomic mass is 10.2. The van der Waals surface area contributed by atoms with Gasteiger partial charge in [-0.2, -0.15) is 0 Å². The fourth-order valence-electron chi connectivity index (χ4n) is 1.36. The van der Waals surface area contributed by atoms with Crippen molar-refractivity contribution in [3.63, 3.8) is 0 Å². The van der Waals surface area contributed by atoms with E-state index < -0.39 is 0 Å². The van der Waals surface area contributed by atoms with Crippen LogP contribution in [0.25, 0.3) is 11.0 Å². The summed E-state index contributed by atoms with van der Waals surface area (Å²) in [6.07, 6.45) is 0.827. The van der Waals surface area contributed by atoms with E-state index in [4.69, 9.17) is 21.8 Å². The number of para-hydroxylation sites is 1. The second kappa shape index (κ2) is 4.61. The molecule has 0 aliphatic rings. The van der Waals surface area contributed by atoms with Gasteiger partial charge in [-0.15, -0.1) is 0 Å². The molecule has 0 amide bonds. The second-order valence-electron chi connectivity index (χ2n) is 3.55. The molecule has 2 rings (SSSR count). The Morgan fingerprint density at radius 1 is 1.50 bits per heavy atom. The van der Waals surface area contributed by atoms with E-state index in [1.54, 1.807) is 6.07 Å². The largest absolute Gasteiger partial charge is 0.446 e. The van der Waals surface area contributed by atoms with Crippen molar-refractivity contribution in [2.75, 3.05) is 0 Å². The number of halogens is 1. The van der Waals surface area contributed by atoms with E-state index in [1.165, 1.54) is 0 Å². The maximum atomic E-state index is 5.99. The summed E-state index contributed by atoms with van der Waals surface area (Å²) >= 11 is 5.99. The van der Waals surface area contributed by atoms with Crippen molar-refractivity contribution in [2.45, 2.75) is 19.4 Å². The molecule has 0 saturated carbocycles. The molecule has 0 saturated heterocycles. The topological polar surface area (TPSA) is 39.2 Å². The highest BCUT2D eigenvalue weighted by Crippen LogP contribution is 2.25. The molecule has 3 heteroatoms. The van der Waals surface area contributed by atoms with Crippen molar-refractivity contribution < 1.29 is 4.42 Å². The predicted octanol–water partition coefficient (Wildman–Crippen LogP) is 3.18. The van der Waals surface area contributed by atoms with Crippen molar-refractivity contribution in [3.8, 4) is 11.8 Å². The van der Waals surface area contributed by atoms with Crippen LogP contribution < -0.4 is 5.73 Å². The summed E-state index contributed by atoms with van der Waals surface area (Å²) in [4.78, 5) is 0. The summed E-state index contributed by atoms with van der Waals surface area (Å²) in [5, 5.41) is 1.56. The Hall–Kier alpha value is -1.43. The van der Waals surface area contributed by atoms with Crippen molar-refractivity contribution in [3.05, 3.63) is 35.0 Å². The van der Waals surface area contributed by atoms with Gasteiger partial charge in [-0.25, -0.2) is 0 Å². The third-order valence-electron chi connectivity index (χ3n) is 2.32. The smallest absolute Gasteiger partial charge is 0.178 e. The van der Waals surface area contributed by atoms with Gasteiger partial charge >= 0.3 is 0 Å². The van der Waals surface area contributed by atoms with E-state index in [-0.39, 0.29) is 6.04 Å². The number of hydrogen-bond donors (Lipinski definition) is 1. The van der Waals surface area contributed by atoms with Crippen LogP contribution in [0.4, 0.5) is 0 Å². The molecule has 1 unspecified atom stereocenters. The van der Waals surface area contributed by atoms with E-state index in [9.17, 15) is 0 Å². The Bertz CT molecular complexity index is 562. The fraction of sp³-hybridized carbons (Fsp3) is 0.231. The molecule has 2 N–H and O–H groups in total. The Labute approximate surface area is 99.4 Å². The standard InChI is InChI=1S/C13H12ClNO/c1-2-10(15)6-7-11-8-9-4-3-5-12(14)13(9)16-11/h3-5,8,10H,2,15H2,1H3. The molecule has 16 heavy (non-hydrogen) atoms. The molecule has 2 nitrogen and oxygen atoms in total. The molecule has 1 atom stereocenters. The Morgan fingerprint density at radius 2 is 2.31 bits per heavy atom. The average Bonchev–Trinajstić information content (AvgIpc) is 2.70. The van der Waals surface area contributed by atoms with Crippen molar-refractivity contribution in [1.29, 1.82) is 0 Å². The number of furan rings is 1. The van der Waals surface area contributed by atoms with Gasteiger partial charge in [0.05, 0.1) is 11.1 Å². The second-order valence-corrected chi connectivity index (χ2v) is 3.96. The molecule has 0 fully saturated rings. The molecule has 1 aromatic carbocycles. The lowest BCUT2D eigenvalue weighted by Crippen LogP contribution is -2.15. The molecule has 0 spiro atoms. The molecule has 1 heterocycles. The van der Waals surface area contributed by atoms with Gasteiger partial charge in [-0.1, -0.05) is 36.6 Å². The van der Waals surface area contributed by atoms with Crippen molar-refractivity contribution in [1.82, 2.24) is 0 Å². The summed E-state index contributed by atoms with van der Waals surface area (Å²) in [6.45, 7) is 1.99. The summed E-state index contributed by atoms with van der Waals surface area (Å²) in [6, 6.07) is 7.38. The zero-order chi connectivity index (χ0) is 11.5. The summed E-state index contributed by atoms with van der Waals surface area (Å²) in [7, 11) is 0. The summed E-state index contributed by atoms with van der Waals surface area (Å²) < 4.78 is 5.53. The third-order valence-corrected chi connectivity index (χ3v) is 2.61. The predicted molar refractivity (Wildman–Crippen MR) is 66.4 cm³/mol. The summed E-state index contributed by atoms with van der Waals surface area (Å²) in [5.41, 5.74) is 6.38. The minimum absolute atomic E-state index is 0.108. The van der Waals surface area contributed by atoms with E-state index in [0.717, 1.165) is 11.8 Å². The highest BCUT2D eigenvalue weighted by atomic mass is 35.5. The van der Waals surface area contributed by atoms with Crippen LogP contribution in [0.5, 0.6) is 0 Å². The van der Waals surface area contributed by atoms with Gasteiger partial charge in [-0.3, -0.25) is 0 Å². The SMILES string of the molecule is CCC(N)C#Cc1cc2cccc(Cl)c2o1. The number of fused-ring (bicyclic) bond motifs is 1. The van der Waals surface area contributed by atoms with Gasteiger partial charge < -0.3 is 10.2 Å². The molecule has 0 aliphatic heterocycles. The molecule has 0 bridgehead atoms. The van der Waals surface area contributed by atoms with Crippen molar-refractivity contribution >= 4 is 22.6 Å². The molecule has 2 aromatic rings. The van der Waals surface area contributed by atoms with E-state index >= 15 is 0 Å². The normalized spacial score (nSPS) is 12.2. The van der Waals surface area contributed by atoms with E-state index in [1.807, 2.05) is 25.1 Å².